The van der Waals surface area contributed by atoms with Gasteiger partial charge in [-0.25, -0.2) is 4.68 Å². The summed E-state index contributed by atoms with van der Waals surface area (Å²) in [6, 6.07) is 0.358. The van der Waals surface area contributed by atoms with Gasteiger partial charge in [0.15, 0.2) is 0 Å². The standard InChI is InChI=1S/C15H25N5O/c21-15(17-13-6-2-1-3-7-13)11-20-10-14(18-19-20)12-5-4-8-16-9-12/h10,12-13,16H,1-9,11H2,(H,17,21). The first kappa shape index (κ1) is 14.5. The van der Waals surface area contributed by atoms with E-state index in [1.54, 1.807) is 4.68 Å². The Kier molecular flexibility index (Phi) is 4.85. The van der Waals surface area contributed by atoms with Gasteiger partial charge in [0.2, 0.25) is 5.91 Å². The molecule has 6 heteroatoms. The van der Waals surface area contributed by atoms with Crippen molar-refractivity contribution in [1.29, 1.82) is 0 Å². The fraction of sp³-hybridized carbons (Fsp3) is 0.800. The largest absolute Gasteiger partial charge is 0.352 e. The van der Waals surface area contributed by atoms with Gasteiger partial charge in [-0.3, -0.25) is 4.79 Å². The first-order valence-corrected chi connectivity index (χ1v) is 8.21. The molecule has 3 rings (SSSR count). The maximum Gasteiger partial charge on any atom is 0.242 e. The van der Waals surface area contributed by atoms with Gasteiger partial charge in [0.1, 0.15) is 6.54 Å². The molecular formula is C15H25N5O. The lowest BCUT2D eigenvalue weighted by Crippen LogP contribution is -2.38. The number of nitrogens with zero attached hydrogens (tertiary/aromatic N) is 3. The molecule has 0 bridgehead atoms. The van der Waals surface area contributed by atoms with E-state index in [-0.39, 0.29) is 12.5 Å². The summed E-state index contributed by atoms with van der Waals surface area (Å²) < 4.78 is 1.67. The van der Waals surface area contributed by atoms with E-state index in [9.17, 15) is 4.79 Å². The number of nitrogens with one attached hydrogen (secondary N) is 2. The van der Waals surface area contributed by atoms with Crippen LogP contribution >= 0.6 is 0 Å². The average Bonchev–Trinajstić information content (AvgIpc) is 2.97. The van der Waals surface area contributed by atoms with E-state index in [2.05, 4.69) is 20.9 Å². The molecule has 2 heterocycles. The summed E-state index contributed by atoms with van der Waals surface area (Å²) in [6.07, 6.45) is 10.2. The van der Waals surface area contributed by atoms with Crippen LogP contribution in [0.2, 0.25) is 0 Å². The van der Waals surface area contributed by atoms with Crippen LogP contribution in [0.3, 0.4) is 0 Å². The molecule has 0 radical (unpaired) electrons. The summed E-state index contributed by atoms with van der Waals surface area (Å²) in [7, 11) is 0. The fourth-order valence-corrected chi connectivity index (χ4v) is 3.35. The number of hydrogen-bond donors (Lipinski definition) is 2. The highest BCUT2D eigenvalue weighted by atomic mass is 16.2. The lowest BCUT2D eigenvalue weighted by Gasteiger charge is -2.22. The number of rotatable bonds is 4. The molecule has 2 fully saturated rings. The number of carbonyl (C=O) groups excluding carboxylic acids is 1. The molecule has 1 atom stereocenters. The van der Waals surface area contributed by atoms with Gasteiger partial charge >= 0.3 is 0 Å². The van der Waals surface area contributed by atoms with Crippen LogP contribution in [0.5, 0.6) is 0 Å². The van der Waals surface area contributed by atoms with Crippen LogP contribution in [0.1, 0.15) is 56.6 Å². The van der Waals surface area contributed by atoms with Crippen molar-refractivity contribution in [3.05, 3.63) is 11.9 Å². The Labute approximate surface area is 125 Å². The Morgan fingerprint density at radius 2 is 2.14 bits per heavy atom. The second kappa shape index (κ2) is 7.02. The lowest BCUT2D eigenvalue weighted by molar-refractivity contribution is -0.122. The van der Waals surface area contributed by atoms with E-state index in [0.29, 0.717) is 12.0 Å². The molecule has 1 amide bonds. The zero-order valence-corrected chi connectivity index (χ0v) is 12.6. The Hall–Kier alpha value is -1.43. The SMILES string of the molecule is O=C(Cn1cc(C2CCCNC2)nn1)NC1CCCCC1. The molecule has 0 aromatic carbocycles. The molecule has 1 aromatic rings. The molecule has 1 aromatic heterocycles. The van der Waals surface area contributed by atoms with Crippen LogP contribution in [-0.2, 0) is 11.3 Å². The van der Waals surface area contributed by atoms with Gasteiger partial charge in [-0.05, 0) is 32.2 Å². The normalized spacial score (nSPS) is 23.9. The third-order valence-corrected chi connectivity index (χ3v) is 4.55. The zero-order chi connectivity index (χ0) is 14.5. The van der Waals surface area contributed by atoms with Gasteiger partial charge in [-0.2, -0.15) is 0 Å². The summed E-state index contributed by atoms with van der Waals surface area (Å²) in [5, 5.41) is 14.8. The predicted molar refractivity (Wildman–Crippen MR) is 79.9 cm³/mol. The summed E-state index contributed by atoms with van der Waals surface area (Å²) in [4.78, 5) is 12.1. The first-order chi connectivity index (χ1) is 10.3. The van der Waals surface area contributed by atoms with Crippen molar-refractivity contribution in [3.63, 3.8) is 0 Å². The van der Waals surface area contributed by atoms with Gasteiger partial charge in [-0.1, -0.05) is 24.5 Å². The quantitative estimate of drug-likeness (QED) is 0.874. The molecule has 21 heavy (non-hydrogen) atoms. The first-order valence-electron chi connectivity index (χ1n) is 8.21. The Morgan fingerprint density at radius 1 is 1.29 bits per heavy atom. The summed E-state index contributed by atoms with van der Waals surface area (Å²) >= 11 is 0. The molecule has 1 unspecified atom stereocenters. The van der Waals surface area contributed by atoms with Crippen molar-refractivity contribution >= 4 is 5.91 Å². The summed E-state index contributed by atoms with van der Waals surface area (Å²) in [6.45, 7) is 2.34. The van der Waals surface area contributed by atoms with Crippen LogP contribution in [0, 0.1) is 0 Å². The van der Waals surface area contributed by atoms with Gasteiger partial charge in [0.25, 0.3) is 0 Å². The number of carbonyl (C=O) groups is 1. The molecule has 1 saturated heterocycles. The van der Waals surface area contributed by atoms with E-state index >= 15 is 0 Å². The average molecular weight is 291 g/mol. The molecule has 0 spiro atoms. The van der Waals surface area contributed by atoms with Crippen LogP contribution in [0.25, 0.3) is 0 Å². The highest BCUT2D eigenvalue weighted by Crippen LogP contribution is 2.20. The van der Waals surface area contributed by atoms with Crippen molar-refractivity contribution in [1.82, 2.24) is 25.6 Å². The van der Waals surface area contributed by atoms with Crippen LogP contribution in [0.4, 0.5) is 0 Å². The van der Waals surface area contributed by atoms with Crippen molar-refractivity contribution in [3.8, 4) is 0 Å². The van der Waals surface area contributed by atoms with Gasteiger partial charge in [-0.15, -0.1) is 5.10 Å². The smallest absolute Gasteiger partial charge is 0.242 e. The van der Waals surface area contributed by atoms with Gasteiger partial charge in [0, 0.05) is 24.7 Å². The van der Waals surface area contributed by atoms with Crippen LogP contribution in [-0.4, -0.2) is 40.0 Å². The minimum Gasteiger partial charge on any atom is -0.352 e. The molecule has 2 N–H and O–H groups in total. The van der Waals surface area contributed by atoms with Gasteiger partial charge in [0.05, 0.1) is 5.69 Å². The van der Waals surface area contributed by atoms with Gasteiger partial charge < -0.3 is 10.6 Å². The summed E-state index contributed by atoms with van der Waals surface area (Å²) in [5.74, 6) is 0.494. The fourth-order valence-electron chi connectivity index (χ4n) is 3.35. The lowest BCUT2D eigenvalue weighted by atomic mass is 9.95. The highest BCUT2D eigenvalue weighted by Gasteiger charge is 2.19. The van der Waals surface area contributed by atoms with E-state index < -0.39 is 0 Å². The van der Waals surface area contributed by atoms with Crippen LogP contribution in [0.15, 0.2) is 6.20 Å². The molecule has 1 aliphatic carbocycles. The molecule has 2 aliphatic rings. The second-order valence-electron chi connectivity index (χ2n) is 6.29. The second-order valence-corrected chi connectivity index (χ2v) is 6.29. The minimum atomic E-state index is 0.0557. The third-order valence-electron chi connectivity index (χ3n) is 4.55. The molecule has 6 nitrogen and oxygen atoms in total. The van der Waals surface area contributed by atoms with E-state index in [0.717, 1.165) is 38.0 Å². The Morgan fingerprint density at radius 3 is 2.90 bits per heavy atom. The predicted octanol–water partition coefficient (Wildman–Crippen LogP) is 1.19. The van der Waals surface area contributed by atoms with E-state index in [1.807, 2.05) is 6.20 Å². The van der Waals surface area contributed by atoms with Crippen molar-refractivity contribution in [2.75, 3.05) is 13.1 Å². The maximum absolute atomic E-state index is 12.1. The Bertz CT molecular complexity index is 460. The number of piperidine rings is 1. The number of aromatic nitrogens is 3. The Balaban J connectivity index is 1.50. The molecule has 1 saturated carbocycles. The maximum atomic E-state index is 12.1. The van der Waals surface area contributed by atoms with Crippen molar-refractivity contribution < 1.29 is 4.79 Å². The van der Waals surface area contributed by atoms with Crippen LogP contribution < -0.4 is 10.6 Å². The van der Waals surface area contributed by atoms with E-state index in [4.69, 9.17) is 0 Å². The topological polar surface area (TPSA) is 71.8 Å². The third kappa shape index (κ3) is 4.03. The number of amides is 1. The number of hydrogen-bond acceptors (Lipinski definition) is 4. The minimum absolute atomic E-state index is 0.0557. The van der Waals surface area contributed by atoms with Crippen molar-refractivity contribution in [2.45, 2.75) is 63.5 Å². The monoisotopic (exact) mass is 291 g/mol. The summed E-state index contributed by atoms with van der Waals surface area (Å²) in [5.41, 5.74) is 1.01. The van der Waals surface area contributed by atoms with E-state index in [1.165, 1.54) is 25.7 Å². The molecule has 116 valence electrons. The molecular weight excluding hydrogens is 266 g/mol. The highest BCUT2D eigenvalue weighted by molar-refractivity contribution is 5.75. The van der Waals surface area contributed by atoms with Crippen molar-refractivity contribution in [2.24, 2.45) is 0 Å². The zero-order valence-electron chi connectivity index (χ0n) is 12.6. The molecule has 1 aliphatic heterocycles.